The van der Waals surface area contributed by atoms with E-state index >= 15 is 0 Å². The van der Waals surface area contributed by atoms with Crippen molar-refractivity contribution in [1.29, 1.82) is 0 Å². The molecule has 1 saturated heterocycles. The van der Waals surface area contributed by atoms with Crippen LogP contribution in [0.15, 0.2) is 48.9 Å². The molecule has 3 N–H and O–H groups in total. The van der Waals surface area contributed by atoms with Crippen LogP contribution >= 0.6 is 11.3 Å². The van der Waals surface area contributed by atoms with Crippen LogP contribution in [0.25, 0.3) is 10.6 Å². The van der Waals surface area contributed by atoms with Gasteiger partial charge in [-0.15, -0.1) is 11.3 Å². The van der Waals surface area contributed by atoms with Gasteiger partial charge in [0.15, 0.2) is 0 Å². The maximum absolute atomic E-state index is 10.1. The van der Waals surface area contributed by atoms with Crippen LogP contribution in [0.5, 0.6) is 0 Å². The van der Waals surface area contributed by atoms with E-state index in [0.717, 1.165) is 17.1 Å². The number of anilines is 1. The second kappa shape index (κ2) is 9.20. The Morgan fingerprint density at radius 1 is 1.11 bits per heavy atom. The Labute approximate surface area is 161 Å². The summed E-state index contributed by atoms with van der Waals surface area (Å²) in [5.41, 5.74) is 6.53. The highest BCUT2D eigenvalue weighted by Crippen LogP contribution is 2.27. The zero-order valence-electron chi connectivity index (χ0n) is 14.8. The standard InChI is InChI=1S/C13H16N4S.C6H5NO2/c14-13-8-15-11(7-16-13)12-4-3-10(18-12)9-17-5-1-2-6-17;8-6(9)5-3-1-2-4-7-5/h3-4,7-8H,1-2,5-6,9H2,(H2,14,16);1-4H,(H,8,9). The van der Waals surface area contributed by atoms with Gasteiger partial charge in [-0.1, -0.05) is 6.07 Å². The lowest BCUT2D eigenvalue weighted by Gasteiger charge is -2.12. The molecular weight excluding hydrogens is 362 g/mol. The minimum Gasteiger partial charge on any atom is -0.477 e. The van der Waals surface area contributed by atoms with Gasteiger partial charge in [0.1, 0.15) is 11.5 Å². The summed E-state index contributed by atoms with van der Waals surface area (Å²) in [6.45, 7) is 3.52. The van der Waals surface area contributed by atoms with Gasteiger partial charge in [0.2, 0.25) is 0 Å². The van der Waals surface area contributed by atoms with Gasteiger partial charge in [-0.25, -0.2) is 19.7 Å². The van der Waals surface area contributed by atoms with Crippen molar-refractivity contribution in [3.8, 4) is 10.6 Å². The Bertz CT molecular complexity index is 861. The predicted octanol–water partition coefficient (Wildman–Crippen LogP) is 3.16. The van der Waals surface area contributed by atoms with E-state index in [-0.39, 0.29) is 5.69 Å². The highest BCUT2D eigenvalue weighted by molar-refractivity contribution is 7.15. The molecule has 4 rings (SSSR count). The van der Waals surface area contributed by atoms with Gasteiger partial charge < -0.3 is 10.8 Å². The highest BCUT2D eigenvalue weighted by Gasteiger charge is 2.13. The van der Waals surface area contributed by atoms with E-state index in [9.17, 15) is 4.79 Å². The van der Waals surface area contributed by atoms with Crippen molar-refractivity contribution in [2.45, 2.75) is 19.4 Å². The van der Waals surface area contributed by atoms with Crippen molar-refractivity contribution in [3.05, 3.63) is 59.5 Å². The molecule has 8 heteroatoms. The van der Waals surface area contributed by atoms with Crippen LogP contribution in [0.3, 0.4) is 0 Å². The largest absolute Gasteiger partial charge is 0.477 e. The van der Waals surface area contributed by atoms with Crippen molar-refractivity contribution in [2.75, 3.05) is 18.8 Å². The Morgan fingerprint density at radius 2 is 1.93 bits per heavy atom. The van der Waals surface area contributed by atoms with E-state index in [0.29, 0.717) is 5.82 Å². The summed E-state index contributed by atoms with van der Waals surface area (Å²) in [5.74, 6) is -0.525. The van der Waals surface area contributed by atoms with Crippen molar-refractivity contribution in [3.63, 3.8) is 0 Å². The molecule has 1 aliphatic heterocycles. The number of nitrogen functional groups attached to an aromatic ring is 1. The average Bonchev–Trinajstić information content (AvgIpc) is 3.36. The number of carboxylic acids is 1. The smallest absolute Gasteiger partial charge is 0.354 e. The fourth-order valence-corrected chi connectivity index (χ4v) is 3.73. The fraction of sp³-hybridized carbons (Fsp3) is 0.263. The molecule has 0 saturated carbocycles. The molecule has 3 aromatic rings. The van der Waals surface area contributed by atoms with Crippen LogP contribution < -0.4 is 5.73 Å². The molecule has 3 aromatic heterocycles. The molecule has 0 amide bonds. The molecule has 0 bridgehead atoms. The molecule has 0 atom stereocenters. The minimum absolute atomic E-state index is 0.0810. The zero-order chi connectivity index (χ0) is 19.1. The predicted molar refractivity (Wildman–Crippen MR) is 105 cm³/mol. The molecule has 27 heavy (non-hydrogen) atoms. The van der Waals surface area contributed by atoms with E-state index in [1.807, 2.05) is 0 Å². The van der Waals surface area contributed by atoms with Crippen molar-refractivity contribution >= 4 is 23.1 Å². The lowest BCUT2D eigenvalue weighted by Crippen LogP contribution is -2.17. The molecule has 1 aliphatic rings. The molecule has 0 unspecified atom stereocenters. The number of carbonyl (C=O) groups is 1. The number of hydrogen-bond acceptors (Lipinski definition) is 7. The van der Waals surface area contributed by atoms with E-state index in [4.69, 9.17) is 10.8 Å². The zero-order valence-corrected chi connectivity index (χ0v) is 15.6. The highest BCUT2D eigenvalue weighted by atomic mass is 32.1. The number of aromatic nitrogens is 3. The molecule has 140 valence electrons. The number of aromatic carboxylic acids is 1. The summed E-state index contributed by atoms with van der Waals surface area (Å²) < 4.78 is 0. The maximum Gasteiger partial charge on any atom is 0.354 e. The molecule has 0 spiro atoms. The SMILES string of the molecule is Nc1cnc(-c2ccc(CN3CCCC3)s2)cn1.O=C(O)c1ccccn1. The molecule has 0 aliphatic carbocycles. The monoisotopic (exact) mass is 383 g/mol. The molecule has 0 aromatic carbocycles. The normalized spacial score (nSPS) is 13.8. The summed E-state index contributed by atoms with van der Waals surface area (Å²) in [6.07, 6.45) is 7.46. The van der Waals surface area contributed by atoms with E-state index in [2.05, 4.69) is 32.0 Å². The topological polar surface area (TPSA) is 105 Å². The van der Waals surface area contributed by atoms with Crippen molar-refractivity contribution < 1.29 is 9.90 Å². The second-order valence-electron chi connectivity index (χ2n) is 6.10. The Morgan fingerprint density at radius 3 is 2.52 bits per heavy atom. The first-order valence-corrected chi connectivity index (χ1v) is 9.47. The molecule has 1 fully saturated rings. The number of thiophene rings is 1. The Kier molecular flexibility index (Phi) is 6.45. The fourth-order valence-electron chi connectivity index (χ4n) is 2.72. The third-order valence-corrected chi connectivity index (χ3v) is 5.14. The summed E-state index contributed by atoms with van der Waals surface area (Å²) in [7, 11) is 0. The Hall–Kier alpha value is -2.84. The van der Waals surface area contributed by atoms with Gasteiger partial charge in [-0.3, -0.25) is 4.90 Å². The van der Waals surface area contributed by atoms with Gasteiger partial charge in [-0.2, -0.15) is 0 Å². The number of pyridine rings is 1. The van der Waals surface area contributed by atoms with Crippen molar-refractivity contribution in [1.82, 2.24) is 19.9 Å². The lowest BCUT2D eigenvalue weighted by atomic mass is 10.3. The van der Waals surface area contributed by atoms with Crippen molar-refractivity contribution in [2.24, 2.45) is 0 Å². The van der Waals surface area contributed by atoms with Gasteiger partial charge in [0.05, 0.1) is 23.0 Å². The summed E-state index contributed by atoms with van der Waals surface area (Å²) in [5, 5.41) is 8.32. The first-order chi connectivity index (χ1) is 13.1. The van der Waals surface area contributed by atoms with Gasteiger partial charge in [-0.05, 0) is 50.2 Å². The van der Waals surface area contributed by atoms with Gasteiger partial charge in [0, 0.05) is 17.6 Å². The Balaban J connectivity index is 0.000000197. The third kappa shape index (κ3) is 5.57. The van der Waals surface area contributed by atoms with E-state index in [1.165, 1.54) is 43.1 Å². The number of likely N-dealkylation sites (tertiary alicyclic amines) is 1. The molecule has 4 heterocycles. The van der Waals surface area contributed by atoms with Crippen LogP contribution in [0.1, 0.15) is 28.2 Å². The maximum atomic E-state index is 10.1. The number of nitrogens with two attached hydrogens (primary N) is 1. The second-order valence-corrected chi connectivity index (χ2v) is 7.26. The van der Waals surface area contributed by atoms with E-state index in [1.54, 1.807) is 35.9 Å². The first-order valence-electron chi connectivity index (χ1n) is 8.65. The van der Waals surface area contributed by atoms with Crippen LogP contribution in [-0.2, 0) is 6.54 Å². The first kappa shape index (κ1) is 18.9. The van der Waals surface area contributed by atoms with Crippen LogP contribution in [0.4, 0.5) is 5.82 Å². The van der Waals surface area contributed by atoms with Crippen LogP contribution in [0, 0.1) is 0 Å². The van der Waals surface area contributed by atoms with Gasteiger partial charge in [0.25, 0.3) is 0 Å². The molecule has 7 nitrogen and oxygen atoms in total. The third-order valence-electron chi connectivity index (χ3n) is 4.05. The average molecular weight is 383 g/mol. The number of nitrogens with zero attached hydrogens (tertiary/aromatic N) is 4. The van der Waals surface area contributed by atoms with Crippen LogP contribution in [0.2, 0.25) is 0 Å². The van der Waals surface area contributed by atoms with E-state index < -0.39 is 5.97 Å². The number of hydrogen-bond donors (Lipinski definition) is 2. The summed E-state index contributed by atoms with van der Waals surface area (Å²) in [6, 6.07) is 9.07. The quantitative estimate of drug-likeness (QED) is 0.713. The lowest BCUT2D eigenvalue weighted by molar-refractivity contribution is 0.0690. The molecule has 0 radical (unpaired) electrons. The summed E-state index contributed by atoms with van der Waals surface area (Å²) >= 11 is 1.79. The number of carboxylic acid groups (broad SMARTS) is 1. The van der Waals surface area contributed by atoms with Crippen LogP contribution in [-0.4, -0.2) is 44.0 Å². The summed E-state index contributed by atoms with van der Waals surface area (Å²) in [4.78, 5) is 27.2. The number of rotatable bonds is 4. The van der Waals surface area contributed by atoms with Gasteiger partial charge >= 0.3 is 5.97 Å². The molecular formula is C19H21N5O2S. The minimum atomic E-state index is -0.990.